The third-order valence-corrected chi connectivity index (χ3v) is 13.4. The summed E-state index contributed by atoms with van der Waals surface area (Å²) in [6.07, 6.45) is 65.9. The molecule has 6 nitrogen and oxygen atoms in total. The van der Waals surface area contributed by atoms with Crippen LogP contribution in [0.15, 0.2) is 24.3 Å². The number of allylic oxidation sites excluding steroid dienone is 4. The van der Waals surface area contributed by atoms with Gasteiger partial charge in [-0.3, -0.25) is 14.4 Å². The number of hydrogen-bond acceptors (Lipinski definition) is 6. The van der Waals surface area contributed by atoms with Gasteiger partial charge in [-0.05, 0) is 70.6 Å². The van der Waals surface area contributed by atoms with Crippen LogP contribution in [0.2, 0.25) is 0 Å². The Hall–Kier alpha value is -2.11. The van der Waals surface area contributed by atoms with Crippen molar-refractivity contribution in [2.24, 2.45) is 0 Å². The van der Waals surface area contributed by atoms with Crippen LogP contribution in [-0.4, -0.2) is 37.2 Å². The third-order valence-electron chi connectivity index (χ3n) is 13.4. The van der Waals surface area contributed by atoms with E-state index >= 15 is 0 Å². The summed E-state index contributed by atoms with van der Waals surface area (Å²) in [6.45, 7) is 6.67. The number of unbranched alkanes of at least 4 members (excludes halogenated alkanes) is 40. The Kier molecular flexibility index (Phi) is 54.7. The molecular formula is C61H114O6. The molecule has 0 heterocycles. The Labute approximate surface area is 417 Å². The summed E-state index contributed by atoms with van der Waals surface area (Å²) in [5, 5.41) is 0. The van der Waals surface area contributed by atoms with Crippen LogP contribution >= 0.6 is 0 Å². The van der Waals surface area contributed by atoms with E-state index in [1.165, 1.54) is 225 Å². The first-order valence-corrected chi connectivity index (χ1v) is 29.8. The van der Waals surface area contributed by atoms with Gasteiger partial charge in [0.2, 0.25) is 0 Å². The fourth-order valence-electron chi connectivity index (χ4n) is 8.91. The van der Waals surface area contributed by atoms with E-state index in [1.807, 2.05) is 0 Å². The first-order valence-electron chi connectivity index (χ1n) is 29.8. The van der Waals surface area contributed by atoms with E-state index in [4.69, 9.17) is 14.2 Å². The van der Waals surface area contributed by atoms with Gasteiger partial charge in [0.05, 0.1) is 0 Å². The van der Waals surface area contributed by atoms with Crippen molar-refractivity contribution < 1.29 is 28.6 Å². The van der Waals surface area contributed by atoms with Gasteiger partial charge in [0, 0.05) is 19.3 Å². The zero-order valence-electron chi connectivity index (χ0n) is 45.2. The Morgan fingerprint density at radius 1 is 0.284 bits per heavy atom. The van der Waals surface area contributed by atoms with E-state index in [2.05, 4.69) is 45.1 Å². The molecule has 0 aromatic rings. The summed E-state index contributed by atoms with van der Waals surface area (Å²) in [4.78, 5) is 38.2. The predicted molar refractivity (Wildman–Crippen MR) is 289 cm³/mol. The molecule has 0 unspecified atom stereocenters. The molecular weight excluding hydrogens is 829 g/mol. The fourth-order valence-corrected chi connectivity index (χ4v) is 8.91. The first-order chi connectivity index (χ1) is 33.0. The van der Waals surface area contributed by atoms with E-state index in [1.54, 1.807) is 0 Å². The molecule has 0 aromatic carbocycles. The summed E-state index contributed by atoms with van der Waals surface area (Å²) in [7, 11) is 0. The van der Waals surface area contributed by atoms with Crippen LogP contribution in [0, 0.1) is 0 Å². The van der Waals surface area contributed by atoms with Gasteiger partial charge in [-0.2, -0.15) is 0 Å². The van der Waals surface area contributed by atoms with Gasteiger partial charge in [-0.15, -0.1) is 0 Å². The van der Waals surface area contributed by atoms with Gasteiger partial charge >= 0.3 is 17.9 Å². The van der Waals surface area contributed by atoms with Gasteiger partial charge < -0.3 is 14.2 Å². The van der Waals surface area contributed by atoms with Crippen molar-refractivity contribution in [2.75, 3.05) is 13.2 Å². The van der Waals surface area contributed by atoms with Gasteiger partial charge in [0.1, 0.15) is 13.2 Å². The van der Waals surface area contributed by atoms with E-state index in [9.17, 15) is 14.4 Å². The molecule has 0 aliphatic carbocycles. The molecule has 0 rings (SSSR count). The summed E-state index contributed by atoms with van der Waals surface area (Å²) in [5.41, 5.74) is 0. The van der Waals surface area contributed by atoms with E-state index < -0.39 is 6.10 Å². The minimum atomic E-state index is -0.772. The molecule has 0 bridgehead atoms. The van der Waals surface area contributed by atoms with Crippen LogP contribution in [0.1, 0.15) is 329 Å². The maximum absolute atomic E-state index is 12.9. The molecule has 0 spiro atoms. The number of esters is 3. The van der Waals surface area contributed by atoms with Crippen molar-refractivity contribution in [3.8, 4) is 0 Å². The average Bonchev–Trinajstić information content (AvgIpc) is 3.33. The normalized spacial score (nSPS) is 12.1. The predicted octanol–water partition coefficient (Wildman–Crippen LogP) is 19.9. The van der Waals surface area contributed by atoms with Crippen LogP contribution in [0.4, 0.5) is 0 Å². The Bertz CT molecular complexity index is 1080. The molecule has 0 aliphatic rings. The summed E-state index contributed by atoms with van der Waals surface area (Å²) in [6, 6.07) is 0. The van der Waals surface area contributed by atoms with E-state index in [0.717, 1.165) is 64.2 Å². The van der Waals surface area contributed by atoms with Crippen molar-refractivity contribution in [1.82, 2.24) is 0 Å². The molecule has 0 aliphatic heterocycles. The maximum atomic E-state index is 12.9. The van der Waals surface area contributed by atoms with Crippen LogP contribution < -0.4 is 0 Å². The molecule has 0 aromatic heterocycles. The zero-order chi connectivity index (χ0) is 48.6. The Morgan fingerprint density at radius 2 is 0.493 bits per heavy atom. The summed E-state index contributed by atoms with van der Waals surface area (Å²) < 4.78 is 16.9. The third kappa shape index (κ3) is 54.7. The SMILES string of the molecule is CCCCCCCC/C=C\CCCCCCCCCCCC(=O)OC[C@H](COC(=O)CCCCCCCCCCCCCCCCC)OC(=O)CCCCCCC/C=C\CCCCCCCC. The molecule has 0 saturated carbocycles. The van der Waals surface area contributed by atoms with Crippen LogP contribution in [-0.2, 0) is 28.6 Å². The smallest absolute Gasteiger partial charge is 0.306 e. The second kappa shape index (κ2) is 56.5. The number of rotatable bonds is 55. The highest BCUT2D eigenvalue weighted by Crippen LogP contribution is 2.17. The highest BCUT2D eigenvalue weighted by Gasteiger charge is 2.19. The number of hydrogen-bond donors (Lipinski definition) is 0. The van der Waals surface area contributed by atoms with E-state index in [-0.39, 0.29) is 31.1 Å². The first kappa shape index (κ1) is 64.9. The molecule has 394 valence electrons. The fraction of sp³-hybridized carbons (Fsp3) is 0.885. The lowest BCUT2D eigenvalue weighted by molar-refractivity contribution is -0.167. The van der Waals surface area contributed by atoms with Crippen molar-refractivity contribution in [3.05, 3.63) is 24.3 Å². The number of ether oxygens (including phenoxy) is 3. The molecule has 0 radical (unpaired) electrons. The summed E-state index contributed by atoms with van der Waals surface area (Å²) in [5.74, 6) is -0.859. The van der Waals surface area contributed by atoms with Crippen LogP contribution in [0.5, 0.6) is 0 Å². The molecule has 0 fully saturated rings. The molecule has 0 N–H and O–H groups in total. The van der Waals surface area contributed by atoms with Crippen molar-refractivity contribution in [2.45, 2.75) is 335 Å². The second-order valence-electron chi connectivity index (χ2n) is 20.3. The highest BCUT2D eigenvalue weighted by atomic mass is 16.6. The van der Waals surface area contributed by atoms with Crippen LogP contribution in [0.3, 0.4) is 0 Å². The molecule has 67 heavy (non-hydrogen) atoms. The molecule has 0 saturated heterocycles. The lowest BCUT2D eigenvalue weighted by atomic mass is 10.0. The standard InChI is InChI=1S/C61H114O6/c1-4-7-10-13-16-19-22-25-28-29-30-31-34-36-39-42-45-48-51-54-60(63)66-57-58(67-61(64)55-52-49-46-43-40-37-33-27-24-21-18-15-12-9-6-3)56-65-59(62)53-50-47-44-41-38-35-32-26-23-20-17-14-11-8-5-2/h25,27-28,33,58H,4-24,26,29-32,34-57H2,1-3H3/b28-25-,33-27-/t58-/m0/s1. The molecule has 1 atom stereocenters. The lowest BCUT2D eigenvalue weighted by Gasteiger charge is -2.18. The zero-order valence-corrected chi connectivity index (χ0v) is 45.2. The quantitative estimate of drug-likeness (QED) is 0.0262. The van der Waals surface area contributed by atoms with Gasteiger partial charge in [-0.25, -0.2) is 0 Å². The van der Waals surface area contributed by atoms with Gasteiger partial charge in [0.15, 0.2) is 6.10 Å². The van der Waals surface area contributed by atoms with Crippen LogP contribution in [0.25, 0.3) is 0 Å². The summed E-state index contributed by atoms with van der Waals surface area (Å²) >= 11 is 0. The van der Waals surface area contributed by atoms with Gasteiger partial charge in [0.25, 0.3) is 0 Å². The Morgan fingerprint density at radius 3 is 0.746 bits per heavy atom. The molecule has 0 amide bonds. The lowest BCUT2D eigenvalue weighted by Crippen LogP contribution is -2.30. The number of carbonyl (C=O) groups is 3. The number of carbonyl (C=O) groups excluding carboxylic acids is 3. The largest absolute Gasteiger partial charge is 0.462 e. The molecule has 6 heteroatoms. The topological polar surface area (TPSA) is 78.9 Å². The minimum absolute atomic E-state index is 0.0705. The van der Waals surface area contributed by atoms with Gasteiger partial charge in [-0.1, -0.05) is 263 Å². The van der Waals surface area contributed by atoms with Crippen molar-refractivity contribution in [1.29, 1.82) is 0 Å². The maximum Gasteiger partial charge on any atom is 0.306 e. The minimum Gasteiger partial charge on any atom is -0.462 e. The second-order valence-corrected chi connectivity index (χ2v) is 20.3. The van der Waals surface area contributed by atoms with Crippen molar-refractivity contribution >= 4 is 17.9 Å². The van der Waals surface area contributed by atoms with E-state index in [0.29, 0.717) is 19.3 Å². The monoisotopic (exact) mass is 943 g/mol. The Balaban J connectivity index is 4.32. The average molecular weight is 944 g/mol. The highest BCUT2D eigenvalue weighted by molar-refractivity contribution is 5.71. The van der Waals surface area contributed by atoms with Crippen molar-refractivity contribution in [3.63, 3.8) is 0 Å².